The molecular formula is C19H22N6S2. The monoisotopic (exact) mass is 398 g/mol. The van der Waals surface area contributed by atoms with Crippen molar-refractivity contribution in [3.8, 4) is 10.7 Å². The van der Waals surface area contributed by atoms with Gasteiger partial charge in [-0.2, -0.15) is 4.80 Å². The van der Waals surface area contributed by atoms with E-state index in [2.05, 4.69) is 57.7 Å². The van der Waals surface area contributed by atoms with Gasteiger partial charge in [0, 0.05) is 18.8 Å². The number of thiocarbonyl (C=S) groups is 1. The smallest absolute Gasteiger partial charge is 0.214 e. The average molecular weight is 399 g/mol. The number of tetrazole rings is 1. The van der Waals surface area contributed by atoms with Crippen LogP contribution in [0.25, 0.3) is 10.7 Å². The highest BCUT2D eigenvalue weighted by Gasteiger charge is 2.24. The van der Waals surface area contributed by atoms with Gasteiger partial charge in [0.05, 0.1) is 10.9 Å². The molecule has 27 heavy (non-hydrogen) atoms. The molecule has 0 atom stereocenters. The van der Waals surface area contributed by atoms with Gasteiger partial charge in [0.1, 0.15) is 0 Å². The third-order valence-electron chi connectivity index (χ3n) is 4.88. The summed E-state index contributed by atoms with van der Waals surface area (Å²) < 4.78 is 0. The fourth-order valence-electron chi connectivity index (χ4n) is 3.25. The zero-order chi connectivity index (χ0) is 18.8. The van der Waals surface area contributed by atoms with E-state index in [-0.39, 0.29) is 6.04 Å². The number of hydrogen-bond donors (Lipinski definition) is 1. The summed E-state index contributed by atoms with van der Waals surface area (Å²) >= 11 is 7.27. The van der Waals surface area contributed by atoms with Crippen molar-refractivity contribution in [2.75, 3.05) is 18.4 Å². The van der Waals surface area contributed by atoms with Gasteiger partial charge in [-0.25, -0.2) is 0 Å². The molecule has 0 radical (unpaired) electrons. The first-order valence-electron chi connectivity index (χ1n) is 9.07. The number of nitrogens with zero attached hydrogens (tertiary/aromatic N) is 5. The van der Waals surface area contributed by atoms with Crippen molar-refractivity contribution >= 4 is 34.4 Å². The van der Waals surface area contributed by atoms with Gasteiger partial charge in [0.25, 0.3) is 0 Å². The number of thiophene rings is 1. The number of hydrogen-bond acceptors (Lipinski definition) is 5. The number of anilines is 1. The Morgan fingerprint density at radius 3 is 2.78 bits per heavy atom. The summed E-state index contributed by atoms with van der Waals surface area (Å²) in [5.74, 6) is 0.708. The molecule has 1 fully saturated rings. The number of nitrogens with one attached hydrogen (secondary N) is 1. The van der Waals surface area contributed by atoms with Crippen molar-refractivity contribution in [1.82, 2.24) is 25.1 Å². The number of rotatable bonds is 3. The summed E-state index contributed by atoms with van der Waals surface area (Å²) in [6, 6.07) is 10.7. The highest BCUT2D eigenvalue weighted by atomic mass is 32.1. The fraction of sp³-hybridized carbons (Fsp3) is 0.368. The second kappa shape index (κ2) is 7.74. The van der Waals surface area contributed by atoms with Crippen LogP contribution in [0.5, 0.6) is 0 Å². The van der Waals surface area contributed by atoms with Gasteiger partial charge in [-0.05, 0) is 72.8 Å². The van der Waals surface area contributed by atoms with E-state index in [4.69, 9.17) is 12.2 Å². The van der Waals surface area contributed by atoms with E-state index >= 15 is 0 Å². The lowest BCUT2D eigenvalue weighted by Crippen LogP contribution is -2.41. The van der Waals surface area contributed by atoms with E-state index in [9.17, 15) is 0 Å². The van der Waals surface area contributed by atoms with Crippen LogP contribution in [0.4, 0.5) is 5.69 Å². The molecule has 1 saturated heterocycles. The number of aromatic nitrogens is 4. The highest BCUT2D eigenvalue weighted by molar-refractivity contribution is 7.80. The predicted molar refractivity (Wildman–Crippen MR) is 113 cm³/mol. The molecule has 1 aliphatic rings. The Kier molecular flexibility index (Phi) is 5.18. The van der Waals surface area contributed by atoms with Gasteiger partial charge in [-0.15, -0.1) is 21.5 Å². The molecule has 3 aromatic rings. The Hall–Kier alpha value is -2.32. The van der Waals surface area contributed by atoms with Crippen LogP contribution in [0.2, 0.25) is 0 Å². The second-order valence-corrected chi connectivity index (χ2v) is 8.21. The van der Waals surface area contributed by atoms with Crippen molar-refractivity contribution in [1.29, 1.82) is 0 Å². The van der Waals surface area contributed by atoms with Gasteiger partial charge in [-0.3, -0.25) is 0 Å². The van der Waals surface area contributed by atoms with Crippen molar-refractivity contribution < 1.29 is 0 Å². The molecule has 2 aromatic heterocycles. The Balaban J connectivity index is 1.36. The minimum absolute atomic E-state index is 0.269. The van der Waals surface area contributed by atoms with E-state index in [1.807, 2.05) is 17.5 Å². The van der Waals surface area contributed by atoms with Gasteiger partial charge < -0.3 is 10.2 Å². The minimum atomic E-state index is 0.269. The summed E-state index contributed by atoms with van der Waals surface area (Å²) in [4.78, 5) is 5.05. The van der Waals surface area contributed by atoms with E-state index < -0.39 is 0 Å². The van der Waals surface area contributed by atoms with E-state index in [0.717, 1.165) is 41.6 Å². The Morgan fingerprint density at radius 2 is 2.04 bits per heavy atom. The maximum absolute atomic E-state index is 5.64. The summed E-state index contributed by atoms with van der Waals surface area (Å²) in [5, 5.41) is 19.3. The molecule has 6 nitrogen and oxygen atoms in total. The summed E-state index contributed by atoms with van der Waals surface area (Å²) in [6.45, 7) is 5.96. The molecule has 3 heterocycles. The first kappa shape index (κ1) is 18.1. The van der Waals surface area contributed by atoms with Gasteiger partial charge in [-0.1, -0.05) is 18.2 Å². The van der Waals surface area contributed by atoms with Crippen molar-refractivity contribution in [2.45, 2.75) is 32.7 Å². The van der Waals surface area contributed by atoms with E-state index in [1.165, 1.54) is 11.1 Å². The largest absolute Gasteiger partial charge is 0.349 e. The molecule has 0 bridgehead atoms. The molecule has 4 rings (SSSR count). The molecule has 0 saturated carbocycles. The zero-order valence-electron chi connectivity index (χ0n) is 15.4. The highest BCUT2D eigenvalue weighted by Crippen LogP contribution is 2.25. The molecule has 0 spiro atoms. The summed E-state index contributed by atoms with van der Waals surface area (Å²) in [6.07, 6.45) is 1.91. The number of benzene rings is 1. The molecule has 0 unspecified atom stereocenters. The second-order valence-electron chi connectivity index (χ2n) is 6.88. The maximum atomic E-state index is 5.64. The van der Waals surface area contributed by atoms with Crippen LogP contribution in [0.1, 0.15) is 30.0 Å². The van der Waals surface area contributed by atoms with Crippen LogP contribution in [0.3, 0.4) is 0 Å². The number of piperidine rings is 1. The standard InChI is InChI=1S/C19H22N6S2/c1-13-5-6-14(2)16(12-13)20-19(26)24-9-7-15(8-10-24)25-22-18(21-23-25)17-4-3-11-27-17/h3-6,11-12,15H,7-10H2,1-2H3,(H,20,26). The average Bonchev–Trinajstić information content (AvgIpc) is 3.36. The van der Waals surface area contributed by atoms with Crippen molar-refractivity contribution in [2.24, 2.45) is 0 Å². The van der Waals surface area contributed by atoms with Gasteiger partial charge >= 0.3 is 0 Å². The summed E-state index contributed by atoms with van der Waals surface area (Å²) in [7, 11) is 0. The first-order chi connectivity index (χ1) is 13.1. The van der Waals surface area contributed by atoms with E-state index in [0.29, 0.717) is 5.82 Å². The minimum Gasteiger partial charge on any atom is -0.349 e. The van der Waals surface area contributed by atoms with Crippen LogP contribution >= 0.6 is 23.6 Å². The first-order valence-corrected chi connectivity index (χ1v) is 10.4. The Morgan fingerprint density at radius 1 is 1.22 bits per heavy atom. The molecule has 140 valence electrons. The molecule has 8 heteroatoms. The number of likely N-dealkylation sites (tertiary alicyclic amines) is 1. The lowest BCUT2D eigenvalue weighted by Gasteiger charge is -2.33. The number of aryl methyl sites for hydroxylation is 2. The zero-order valence-corrected chi connectivity index (χ0v) is 17.1. The lowest BCUT2D eigenvalue weighted by molar-refractivity contribution is 0.238. The van der Waals surface area contributed by atoms with Crippen LogP contribution in [-0.4, -0.2) is 43.3 Å². The molecule has 1 aromatic carbocycles. The molecule has 1 N–H and O–H groups in total. The van der Waals surface area contributed by atoms with Crippen LogP contribution in [0, 0.1) is 13.8 Å². The van der Waals surface area contributed by atoms with Gasteiger partial charge in [0.2, 0.25) is 5.82 Å². The predicted octanol–water partition coefficient (Wildman–Crippen LogP) is 4.05. The van der Waals surface area contributed by atoms with Gasteiger partial charge in [0.15, 0.2) is 5.11 Å². The quantitative estimate of drug-likeness (QED) is 0.672. The molecule has 0 amide bonds. The Labute approximate surface area is 168 Å². The lowest BCUT2D eigenvalue weighted by atomic mass is 10.1. The topological polar surface area (TPSA) is 58.9 Å². The molecular weight excluding hydrogens is 376 g/mol. The van der Waals surface area contributed by atoms with Crippen LogP contribution in [-0.2, 0) is 0 Å². The van der Waals surface area contributed by atoms with Crippen molar-refractivity contribution in [3.63, 3.8) is 0 Å². The third-order valence-corrected chi connectivity index (χ3v) is 6.11. The van der Waals surface area contributed by atoms with Crippen molar-refractivity contribution in [3.05, 3.63) is 46.8 Å². The van der Waals surface area contributed by atoms with E-state index in [1.54, 1.807) is 16.1 Å². The third kappa shape index (κ3) is 4.01. The van der Waals surface area contributed by atoms with Crippen LogP contribution < -0.4 is 5.32 Å². The maximum Gasteiger partial charge on any atom is 0.214 e. The molecule has 0 aliphatic carbocycles. The fourth-order valence-corrected chi connectivity index (χ4v) is 4.19. The molecule has 1 aliphatic heterocycles. The Bertz CT molecular complexity index is 926. The van der Waals surface area contributed by atoms with Crippen LogP contribution in [0.15, 0.2) is 35.7 Å². The normalized spacial score (nSPS) is 15.1. The SMILES string of the molecule is Cc1ccc(C)c(NC(=S)N2CCC(n3nnc(-c4cccs4)n3)CC2)c1. The summed E-state index contributed by atoms with van der Waals surface area (Å²) in [5.41, 5.74) is 3.51.